The predicted molar refractivity (Wildman–Crippen MR) is 119 cm³/mol. The first-order valence-corrected chi connectivity index (χ1v) is 9.62. The Labute approximate surface area is 182 Å². The zero-order valence-electron chi connectivity index (χ0n) is 16.7. The van der Waals surface area contributed by atoms with E-state index in [9.17, 15) is 9.18 Å². The maximum absolute atomic E-state index is 13.3. The quantitative estimate of drug-likeness (QED) is 0.422. The molecule has 0 fully saturated rings. The largest absolute Gasteiger partial charge is 0.493 e. The molecule has 0 aliphatic heterocycles. The summed E-state index contributed by atoms with van der Waals surface area (Å²) in [4.78, 5) is 17.9. The Morgan fingerprint density at radius 3 is 2.45 bits per heavy atom. The topological polar surface area (TPSA) is 65.7 Å². The number of methoxy groups -OCH3 is 2. The van der Waals surface area contributed by atoms with Gasteiger partial charge < -0.3 is 9.47 Å². The molecule has 1 aromatic heterocycles. The molecule has 0 atom stereocenters. The third kappa shape index (κ3) is 4.13. The fourth-order valence-electron chi connectivity index (χ4n) is 3.09. The van der Waals surface area contributed by atoms with Crippen LogP contribution in [0.2, 0.25) is 5.02 Å². The zero-order chi connectivity index (χ0) is 22.0. The van der Waals surface area contributed by atoms with Crippen LogP contribution in [0.25, 0.3) is 22.3 Å². The fraction of sp³-hybridized carbons (Fsp3) is 0.0870. The van der Waals surface area contributed by atoms with Crippen molar-refractivity contribution in [2.24, 2.45) is 5.10 Å². The van der Waals surface area contributed by atoms with E-state index in [1.165, 1.54) is 30.1 Å². The van der Waals surface area contributed by atoms with Gasteiger partial charge in [-0.25, -0.2) is 9.37 Å². The van der Waals surface area contributed by atoms with E-state index in [-0.39, 0.29) is 5.82 Å². The Hall–Kier alpha value is -3.71. The lowest BCUT2D eigenvalue weighted by molar-refractivity contribution is 0.355. The number of benzene rings is 3. The minimum Gasteiger partial charge on any atom is -0.493 e. The van der Waals surface area contributed by atoms with Crippen LogP contribution in [0.4, 0.5) is 4.39 Å². The number of halogens is 2. The van der Waals surface area contributed by atoms with E-state index in [0.717, 1.165) is 0 Å². The van der Waals surface area contributed by atoms with Gasteiger partial charge in [0.15, 0.2) is 17.3 Å². The van der Waals surface area contributed by atoms with E-state index >= 15 is 0 Å². The Bertz CT molecular complexity index is 1350. The van der Waals surface area contributed by atoms with Crippen molar-refractivity contribution in [2.75, 3.05) is 14.2 Å². The summed E-state index contributed by atoms with van der Waals surface area (Å²) in [6.45, 7) is 0. The van der Waals surface area contributed by atoms with Crippen molar-refractivity contribution >= 4 is 28.7 Å². The molecule has 0 amide bonds. The second-order valence-corrected chi connectivity index (χ2v) is 7.02. The summed E-state index contributed by atoms with van der Waals surface area (Å²) in [5, 5.41) is 5.08. The van der Waals surface area contributed by atoms with Gasteiger partial charge in [-0.1, -0.05) is 23.7 Å². The summed E-state index contributed by atoms with van der Waals surface area (Å²) in [5.41, 5.74) is 1.31. The van der Waals surface area contributed by atoms with Crippen LogP contribution in [0, 0.1) is 5.82 Å². The van der Waals surface area contributed by atoms with Crippen molar-refractivity contribution in [3.63, 3.8) is 0 Å². The highest BCUT2D eigenvalue weighted by atomic mass is 35.5. The van der Waals surface area contributed by atoms with Crippen LogP contribution in [0.3, 0.4) is 0 Å². The standard InChI is InChI=1S/C23H17ClFN3O3/c1-30-20-10-5-15(11-21(20)31-2)22-27-19-9-6-16(24)12-18(19)23(29)28(22)26-13-14-3-7-17(25)8-4-14/h3-13H,1-2H3. The van der Waals surface area contributed by atoms with Gasteiger partial charge in [0.25, 0.3) is 5.56 Å². The highest BCUT2D eigenvalue weighted by Gasteiger charge is 2.15. The first-order valence-electron chi connectivity index (χ1n) is 9.25. The number of hydrogen-bond donors (Lipinski definition) is 0. The van der Waals surface area contributed by atoms with Gasteiger partial charge in [0, 0.05) is 10.6 Å². The van der Waals surface area contributed by atoms with Crippen molar-refractivity contribution in [3.05, 3.63) is 87.4 Å². The van der Waals surface area contributed by atoms with Crippen LogP contribution in [-0.2, 0) is 0 Å². The molecule has 0 saturated heterocycles. The van der Waals surface area contributed by atoms with Gasteiger partial charge in [-0.15, -0.1) is 0 Å². The van der Waals surface area contributed by atoms with Gasteiger partial charge in [-0.05, 0) is 54.1 Å². The molecule has 6 nitrogen and oxygen atoms in total. The van der Waals surface area contributed by atoms with Crippen molar-refractivity contribution in [2.45, 2.75) is 0 Å². The molecule has 0 aliphatic carbocycles. The summed E-state index contributed by atoms with van der Waals surface area (Å²) < 4.78 is 25.1. The molecule has 0 spiro atoms. The summed E-state index contributed by atoms with van der Waals surface area (Å²) in [5.74, 6) is 0.975. The molecule has 1 heterocycles. The number of nitrogens with zero attached hydrogens (tertiary/aromatic N) is 3. The molecule has 0 bridgehead atoms. The van der Waals surface area contributed by atoms with Crippen LogP contribution in [-0.4, -0.2) is 30.1 Å². The molecule has 0 unspecified atom stereocenters. The van der Waals surface area contributed by atoms with Crippen molar-refractivity contribution in [1.29, 1.82) is 0 Å². The van der Waals surface area contributed by atoms with Gasteiger partial charge in [-0.2, -0.15) is 9.78 Å². The van der Waals surface area contributed by atoms with Crippen molar-refractivity contribution < 1.29 is 13.9 Å². The second-order valence-electron chi connectivity index (χ2n) is 6.58. The average molecular weight is 438 g/mol. The number of aromatic nitrogens is 2. The third-order valence-electron chi connectivity index (χ3n) is 4.64. The molecule has 0 radical (unpaired) electrons. The van der Waals surface area contributed by atoms with E-state index < -0.39 is 5.56 Å². The lowest BCUT2D eigenvalue weighted by atomic mass is 10.1. The average Bonchev–Trinajstić information content (AvgIpc) is 2.79. The molecular weight excluding hydrogens is 421 g/mol. The second kappa shape index (κ2) is 8.57. The molecule has 0 saturated carbocycles. The molecule has 3 aromatic carbocycles. The van der Waals surface area contributed by atoms with Gasteiger partial charge in [-0.3, -0.25) is 4.79 Å². The molecule has 0 aliphatic rings. The SMILES string of the molecule is COc1ccc(-c2nc3ccc(Cl)cc3c(=O)n2N=Cc2ccc(F)cc2)cc1OC. The van der Waals surface area contributed by atoms with Crippen LogP contribution in [0.15, 0.2) is 70.6 Å². The summed E-state index contributed by atoms with van der Waals surface area (Å²) in [7, 11) is 3.07. The maximum atomic E-state index is 13.3. The third-order valence-corrected chi connectivity index (χ3v) is 4.88. The highest BCUT2D eigenvalue weighted by Crippen LogP contribution is 2.32. The zero-order valence-corrected chi connectivity index (χ0v) is 17.4. The van der Waals surface area contributed by atoms with Crippen molar-refractivity contribution in [1.82, 2.24) is 9.66 Å². The smallest absolute Gasteiger partial charge is 0.282 e. The summed E-state index contributed by atoms with van der Waals surface area (Å²) in [6.07, 6.45) is 1.46. The molecule has 156 valence electrons. The van der Waals surface area contributed by atoms with Gasteiger partial charge in [0.2, 0.25) is 0 Å². The van der Waals surface area contributed by atoms with Crippen LogP contribution < -0.4 is 15.0 Å². The molecule has 0 N–H and O–H groups in total. The van der Waals surface area contributed by atoms with Crippen LogP contribution in [0.1, 0.15) is 5.56 Å². The minimum absolute atomic E-state index is 0.305. The molecule has 4 aromatic rings. The highest BCUT2D eigenvalue weighted by molar-refractivity contribution is 6.31. The van der Waals surface area contributed by atoms with Gasteiger partial charge in [0.05, 0.1) is 31.3 Å². The summed E-state index contributed by atoms with van der Waals surface area (Å²) >= 11 is 6.08. The van der Waals surface area contributed by atoms with E-state index in [1.807, 2.05) is 0 Å². The fourth-order valence-corrected chi connectivity index (χ4v) is 3.26. The van der Waals surface area contributed by atoms with Crippen LogP contribution >= 0.6 is 11.6 Å². The first kappa shape index (κ1) is 20.6. The molecule has 31 heavy (non-hydrogen) atoms. The Balaban J connectivity index is 1.95. The minimum atomic E-state index is -0.393. The number of ether oxygens (including phenoxy) is 2. The monoisotopic (exact) mass is 437 g/mol. The Morgan fingerprint density at radius 1 is 1.00 bits per heavy atom. The van der Waals surface area contributed by atoms with Crippen LogP contribution in [0.5, 0.6) is 11.5 Å². The molecule has 8 heteroatoms. The first-order chi connectivity index (χ1) is 15.0. The maximum Gasteiger partial charge on any atom is 0.282 e. The normalized spacial score (nSPS) is 11.2. The lowest BCUT2D eigenvalue weighted by Crippen LogP contribution is -2.20. The van der Waals surface area contributed by atoms with E-state index in [1.54, 1.807) is 55.6 Å². The molecular formula is C23H17ClFN3O3. The Kier molecular flexibility index (Phi) is 5.68. The van der Waals surface area contributed by atoms with E-state index in [4.69, 9.17) is 21.1 Å². The van der Waals surface area contributed by atoms with E-state index in [2.05, 4.69) is 10.1 Å². The molecule has 4 rings (SSSR count). The number of fused-ring (bicyclic) bond motifs is 1. The Morgan fingerprint density at radius 2 is 1.74 bits per heavy atom. The number of rotatable bonds is 5. The van der Waals surface area contributed by atoms with Gasteiger partial charge in [0.1, 0.15) is 5.82 Å². The van der Waals surface area contributed by atoms with Gasteiger partial charge >= 0.3 is 0 Å². The van der Waals surface area contributed by atoms with Crippen molar-refractivity contribution in [3.8, 4) is 22.9 Å². The predicted octanol–water partition coefficient (Wildman–Crippen LogP) is 4.76. The number of hydrogen-bond acceptors (Lipinski definition) is 5. The summed E-state index contributed by atoms with van der Waals surface area (Å²) in [6, 6.07) is 15.8. The lowest BCUT2D eigenvalue weighted by Gasteiger charge is -2.12. The van der Waals surface area contributed by atoms with E-state index in [0.29, 0.717) is 44.4 Å².